The Morgan fingerprint density at radius 3 is 2.22 bits per heavy atom. The number of carboxylic acids is 1. The number of halogens is 6. The first-order valence-electron chi connectivity index (χ1n) is 12.7. The van der Waals surface area contributed by atoms with E-state index in [9.17, 15) is 39.6 Å². The van der Waals surface area contributed by atoms with Crippen molar-refractivity contribution in [3.63, 3.8) is 0 Å². The van der Waals surface area contributed by atoms with Crippen molar-refractivity contribution in [3.8, 4) is 0 Å². The number of unbranched alkanes of at least 4 members (excludes halogenated alkanes) is 2. The smallest absolute Gasteiger partial charge is 0.475 e. The summed E-state index contributed by atoms with van der Waals surface area (Å²) in [7, 11) is -3.75. The predicted octanol–water partition coefficient (Wildman–Crippen LogP) is 5.52. The molecule has 0 spiro atoms. The number of carbonyl (C=O) groups is 2. The lowest BCUT2D eigenvalue weighted by Crippen LogP contribution is -2.40. The van der Waals surface area contributed by atoms with Crippen LogP contribution < -0.4 is 10.0 Å². The van der Waals surface area contributed by atoms with Gasteiger partial charge in [-0.05, 0) is 74.8 Å². The molecule has 1 fully saturated rings. The zero-order valence-corrected chi connectivity index (χ0v) is 22.9. The summed E-state index contributed by atoms with van der Waals surface area (Å²) in [6, 6.07) is 9.79. The summed E-state index contributed by atoms with van der Waals surface area (Å²) >= 11 is 0. The molecular weight excluding hydrogens is 580 g/mol. The molecule has 0 aliphatic carbocycles. The molecule has 8 nitrogen and oxygen atoms in total. The Bertz CT molecular complexity index is 1270. The number of aliphatic carboxylic acids is 1. The average Bonchev–Trinajstić information content (AvgIpc) is 3.34. The number of alkyl halides is 6. The van der Waals surface area contributed by atoms with E-state index in [0.29, 0.717) is 6.54 Å². The molecule has 1 heterocycles. The van der Waals surface area contributed by atoms with Crippen LogP contribution in [-0.4, -0.2) is 62.2 Å². The van der Waals surface area contributed by atoms with Crippen LogP contribution in [-0.2, 0) is 21.0 Å². The number of anilines is 1. The first-order valence-corrected chi connectivity index (χ1v) is 14.2. The molecule has 41 heavy (non-hydrogen) atoms. The summed E-state index contributed by atoms with van der Waals surface area (Å²) in [6.45, 7) is 4.42. The number of sulfonamides is 1. The van der Waals surface area contributed by atoms with Crippen molar-refractivity contribution in [3.05, 3.63) is 59.7 Å². The first kappa shape index (κ1) is 34.0. The van der Waals surface area contributed by atoms with Gasteiger partial charge in [0.05, 0.1) is 10.5 Å². The van der Waals surface area contributed by atoms with Crippen LogP contribution in [0.2, 0.25) is 0 Å². The summed E-state index contributed by atoms with van der Waals surface area (Å²) in [6.07, 6.45) is -4.21. The standard InChI is InChI=1S/C24H30F3N3O3S.C2HF3O2/c1-2-3-4-14-30-15-6-9-21(30)17-28-34(32,33)22-12-10-18(11-13-22)23(31)29-20-8-5-7-19(16-20)24(25,26)27;3-2(4,5)1(6)7/h5,7-8,10-13,16,21,28H,2-4,6,9,14-15,17H2,1H3,(H,29,31);(H,6,7). The van der Waals surface area contributed by atoms with Gasteiger partial charge in [-0.3, -0.25) is 9.69 Å². The molecule has 228 valence electrons. The Balaban J connectivity index is 0.000000745. The number of carboxylic acid groups (broad SMARTS) is 1. The van der Waals surface area contributed by atoms with Gasteiger partial charge in [0.1, 0.15) is 0 Å². The fourth-order valence-electron chi connectivity index (χ4n) is 4.04. The molecule has 1 unspecified atom stereocenters. The van der Waals surface area contributed by atoms with Gasteiger partial charge in [-0.1, -0.05) is 25.8 Å². The number of nitrogens with zero attached hydrogens (tertiary/aromatic N) is 1. The maximum absolute atomic E-state index is 12.9. The highest BCUT2D eigenvalue weighted by atomic mass is 32.2. The molecule has 0 bridgehead atoms. The van der Waals surface area contributed by atoms with E-state index < -0.39 is 39.8 Å². The van der Waals surface area contributed by atoms with E-state index in [1.165, 1.54) is 36.4 Å². The fourth-order valence-corrected chi connectivity index (χ4v) is 5.11. The second-order valence-corrected chi connectivity index (χ2v) is 11.0. The number of hydrogen-bond donors (Lipinski definition) is 3. The van der Waals surface area contributed by atoms with Crippen molar-refractivity contribution in [1.82, 2.24) is 9.62 Å². The molecule has 0 radical (unpaired) electrons. The van der Waals surface area contributed by atoms with Crippen molar-refractivity contribution in [2.45, 2.75) is 62.3 Å². The van der Waals surface area contributed by atoms with Crippen molar-refractivity contribution in [2.24, 2.45) is 0 Å². The Hall–Kier alpha value is -3.17. The van der Waals surface area contributed by atoms with Crippen LogP contribution in [0.5, 0.6) is 0 Å². The van der Waals surface area contributed by atoms with Gasteiger partial charge in [-0.2, -0.15) is 26.3 Å². The largest absolute Gasteiger partial charge is 0.490 e. The monoisotopic (exact) mass is 611 g/mol. The third-order valence-corrected chi connectivity index (χ3v) is 7.61. The Morgan fingerprint density at radius 1 is 1.02 bits per heavy atom. The highest BCUT2D eigenvalue weighted by molar-refractivity contribution is 7.89. The molecule has 3 rings (SSSR count). The molecule has 1 aliphatic rings. The third-order valence-electron chi connectivity index (χ3n) is 6.17. The highest BCUT2D eigenvalue weighted by Gasteiger charge is 2.38. The van der Waals surface area contributed by atoms with Gasteiger partial charge >= 0.3 is 18.3 Å². The predicted molar refractivity (Wildman–Crippen MR) is 139 cm³/mol. The second kappa shape index (κ2) is 14.6. The number of likely N-dealkylation sites (tertiary alicyclic amines) is 1. The average molecular weight is 612 g/mol. The molecule has 3 N–H and O–H groups in total. The highest BCUT2D eigenvalue weighted by Crippen LogP contribution is 2.30. The number of amides is 1. The maximum Gasteiger partial charge on any atom is 0.490 e. The Labute approximate surface area is 233 Å². The number of rotatable bonds is 10. The van der Waals surface area contributed by atoms with Gasteiger partial charge in [-0.15, -0.1) is 0 Å². The summed E-state index contributed by atoms with van der Waals surface area (Å²) in [5, 5.41) is 9.53. The van der Waals surface area contributed by atoms with Crippen molar-refractivity contribution in [1.29, 1.82) is 0 Å². The first-order chi connectivity index (χ1) is 19.0. The molecule has 2 aromatic carbocycles. The van der Waals surface area contributed by atoms with Gasteiger partial charge in [-0.25, -0.2) is 17.9 Å². The van der Waals surface area contributed by atoms with E-state index in [0.717, 1.165) is 57.3 Å². The number of nitrogens with one attached hydrogen (secondary N) is 2. The number of benzene rings is 2. The van der Waals surface area contributed by atoms with Crippen molar-refractivity contribution >= 4 is 27.6 Å². The molecule has 1 atom stereocenters. The zero-order valence-electron chi connectivity index (χ0n) is 22.1. The van der Waals surface area contributed by atoms with Gasteiger partial charge in [0.2, 0.25) is 10.0 Å². The third kappa shape index (κ3) is 11.0. The van der Waals surface area contributed by atoms with Crippen molar-refractivity contribution in [2.75, 3.05) is 25.0 Å². The van der Waals surface area contributed by atoms with E-state index in [1.54, 1.807) is 0 Å². The van der Waals surface area contributed by atoms with E-state index in [-0.39, 0.29) is 22.2 Å². The lowest BCUT2D eigenvalue weighted by molar-refractivity contribution is -0.192. The quantitative estimate of drug-likeness (QED) is 0.241. The van der Waals surface area contributed by atoms with E-state index >= 15 is 0 Å². The van der Waals surface area contributed by atoms with Crippen LogP contribution in [0.15, 0.2) is 53.4 Å². The molecule has 0 aromatic heterocycles. The summed E-state index contributed by atoms with van der Waals surface area (Å²) in [5.41, 5.74) is -0.739. The summed E-state index contributed by atoms with van der Waals surface area (Å²) in [4.78, 5) is 23.7. The van der Waals surface area contributed by atoms with Gasteiger partial charge in [0, 0.05) is 23.8 Å². The number of carbonyl (C=O) groups excluding carboxylic acids is 1. The molecule has 0 saturated carbocycles. The minimum atomic E-state index is -5.08. The Kier molecular flexibility index (Phi) is 12.2. The molecule has 2 aromatic rings. The van der Waals surface area contributed by atoms with Crippen LogP contribution in [0.3, 0.4) is 0 Å². The minimum absolute atomic E-state index is 0.00163. The van der Waals surface area contributed by atoms with Gasteiger partial charge in [0.15, 0.2) is 0 Å². The molecule has 15 heteroatoms. The van der Waals surface area contributed by atoms with Crippen LogP contribution >= 0.6 is 0 Å². The summed E-state index contributed by atoms with van der Waals surface area (Å²) < 4.78 is 98.4. The fraction of sp³-hybridized carbons (Fsp3) is 0.462. The lowest BCUT2D eigenvalue weighted by Gasteiger charge is -2.24. The van der Waals surface area contributed by atoms with Gasteiger partial charge < -0.3 is 10.4 Å². The number of hydrogen-bond acceptors (Lipinski definition) is 5. The SMILES string of the molecule is CCCCCN1CCCC1CNS(=O)(=O)c1ccc(C(=O)Nc2cccc(C(F)(F)F)c2)cc1.O=C(O)C(F)(F)F. The van der Waals surface area contributed by atoms with Crippen LogP contribution in [0, 0.1) is 0 Å². The second-order valence-electron chi connectivity index (χ2n) is 9.25. The van der Waals surface area contributed by atoms with Crippen molar-refractivity contribution < 1.29 is 49.5 Å². The van der Waals surface area contributed by atoms with Crippen LogP contribution in [0.25, 0.3) is 0 Å². The molecule has 1 aliphatic heterocycles. The van der Waals surface area contributed by atoms with Crippen LogP contribution in [0.4, 0.5) is 32.0 Å². The van der Waals surface area contributed by atoms with Crippen LogP contribution in [0.1, 0.15) is 54.9 Å². The van der Waals surface area contributed by atoms with Gasteiger partial charge in [0.25, 0.3) is 5.91 Å². The molecular formula is C26H31F6N3O5S. The summed E-state index contributed by atoms with van der Waals surface area (Å²) in [5.74, 6) is -3.39. The zero-order chi connectivity index (χ0) is 30.8. The maximum atomic E-state index is 12.9. The topological polar surface area (TPSA) is 116 Å². The molecule has 1 amide bonds. The van der Waals surface area contributed by atoms with E-state index in [2.05, 4.69) is 21.9 Å². The Morgan fingerprint density at radius 2 is 1.66 bits per heavy atom. The minimum Gasteiger partial charge on any atom is -0.475 e. The van der Waals surface area contributed by atoms with E-state index in [1.807, 2.05) is 0 Å². The normalized spacial score (nSPS) is 16.1. The molecule has 1 saturated heterocycles. The van der Waals surface area contributed by atoms with E-state index in [4.69, 9.17) is 9.90 Å². The lowest BCUT2D eigenvalue weighted by atomic mass is 10.1.